The van der Waals surface area contributed by atoms with Crippen LogP contribution in [0.25, 0.3) is 0 Å². The zero-order valence-electron chi connectivity index (χ0n) is 15.9. The van der Waals surface area contributed by atoms with E-state index in [9.17, 15) is 27.5 Å². The Hall–Kier alpha value is -3.15. The second kappa shape index (κ2) is 8.30. The molecule has 0 saturated carbocycles. The van der Waals surface area contributed by atoms with Gasteiger partial charge in [-0.05, 0) is 31.5 Å². The number of carbonyl (C=O) groups excluding carboxylic acids is 1. The van der Waals surface area contributed by atoms with Gasteiger partial charge in [0.2, 0.25) is 5.95 Å². The second-order valence-electron chi connectivity index (χ2n) is 6.61. The van der Waals surface area contributed by atoms with Crippen molar-refractivity contribution in [2.75, 3.05) is 16.8 Å². The second-order valence-corrected chi connectivity index (χ2v) is 6.61. The number of aliphatic hydroxyl groups is 1. The van der Waals surface area contributed by atoms with Crippen LogP contribution in [0.1, 0.15) is 25.5 Å². The van der Waals surface area contributed by atoms with Crippen molar-refractivity contribution >= 4 is 17.9 Å². The third kappa shape index (κ3) is 4.87. The standard InChI is InChI=1S/C18H18F4N4O4/c1-9(11-4-3-5-12(6-11)30-18(20,21)22)24-16-23-7-13(19)15(25-16)26-14(10(2)27)8-29-17(26)28/h3-7,9-10,14,27H,8H2,1-2H3,(H,23,24,25)/t9-,10+,14+/m0/s1. The minimum Gasteiger partial charge on any atom is -0.447 e. The number of cyclic esters (lactones) is 1. The van der Waals surface area contributed by atoms with E-state index in [1.165, 1.54) is 19.1 Å². The van der Waals surface area contributed by atoms with Crippen LogP contribution in [0.15, 0.2) is 30.5 Å². The van der Waals surface area contributed by atoms with Gasteiger partial charge in [-0.2, -0.15) is 4.98 Å². The number of carbonyl (C=O) groups is 1. The Morgan fingerprint density at radius 3 is 2.77 bits per heavy atom. The minimum atomic E-state index is -4.82. The first-order valence-electron chi connectivity index (χ1n) is 8.84. The summed E-state index contributed by atoms with van der Waals surface area (Å²) in [5.41, 5.74) is 0.425. The quantitative estimate of drug-likeness (QED) is 0.678. The Morgan fingerprint density at radius 1 is 1.37 bits per heavy atom. The summed E-state index contributed by atoms with van der Waals surface area (Å²) in [6, 6.07) is 3.88. The maximum Gasteiger partial charge on any atom is 0.573 e. The van der Waals surface area contributed by atoms with E-state index in [-0.39, 0.29) is 18.4 Å². The van der Waals surface area contributed by atoms with E-state index < -0.39 is 42.2 Å². The molecule has 0 bridgehead atoms. The normalized spacial score (nSPS) is 18.7. The van der Waals surface area contributed by atoms with Gasteiger partial charge in [-0.1, -0.05) is 12.1 Å². The van der Waals surface area contributed by atoms with Crippen molar-refractivity contribution in [1.82, 2.24) is 9.97 Å². The lowest BCUT2D eigenvalue weighted by Crippen LogP contribution is -2.42. The molecule has 0 radical (unpaired) electrons. The van der Waals surface area contributed by atoms with Gasteiger partial charge in [0, 0.05) is 0 Å². The lowest BCUT2D eigenvalue weighted by molar-refractivity contribution is -0.274. The number of nitrogens with one attached hydrogen (secondary N) is 1. The highest BCUT2D eigenvalue weighted by Gasteiger charge is 2.40. The van der Waals surface area contributed by atoms with Gasteiger partial charge in [0.1, 0.15) is 18.4 Å². The third-order valence-electron chi connectivity index (χ3n) is 4.35. The minimum absolute atomic E-state index is 0.0786. The number of halogens is 4. The fourth-order valence-corrected chi connectivity index (χ4v) is 2.89. The van der Waals surface area contributed by atoms with E-state index >= 15 is 0 Å². The summed E-state index contributed by atoms with van der Waals surface area (Å²) in [6.07, 6.45) is -5.85. The maximum atomic E-state index is 14.3. The molecule has 2 heterocycles. The van der Waals surface area contributed by atoms with Gasteiger partial charge in [-0.3, -0.25) is 0 Å². The van der Waals surface area contributed by atoms with Gasteiger partial charge >= 0.3 is 12.5 Å². The van der Waals surface area contributed by atoms with E-state index in [0.717, 1.165) is 17.2 Å². The number of hydrogen-bond acceptors (Lipinski definition) is 7. The molecule has 30 heavy (non-hydrogen) atoms. The van der Waals surface area contributed by atoms with Crippen LogP contribution in [-0.2, 0) is 4.74 Å². The summed E-state index contributed by atoms with van der Waals surface area (Å²) < 4.78 is 60.3. The van der Waals surface area contributed by atoms with E-state index in [1.807, 2.05) is 0 Å². The van der Waals surface area contributed by atoms with Crippen LogP contribution in [0.2, 0.25) is 0 Å². The van der Waals surface area contributed by atoms with Crippen LogP contribution in [-0.4, -0.2) is 46.3 Å². The highest BCUT2D eigenvalue weighted by Crippen LogP contribution is 2.29. The van der Waals surface area contributed by atoms with E-state index in [0.29, 0.717) is 5.56 Å². The van der Waals surface area contributed by atoms with Crippen molar-refractivity contribution in [3.05, 3.63) is 41.8 Å². The summed E-state index contributed by atoms with van der Waals surface area (Å²) >= 11 is 0. The molecule has 12 heteroatoms. The molecule has 1 fully saturated rings. The molecule has 1 amide bonds. The number of rotatable bonds is 6. The van der Waals surface area contributed by atoms with Crippen LogP contribution < -0.4 is 15.0 Å². The number of nitrogens with zero attached hydrogens (tertiary/aromatic N) is 3. The Bertz CT molecular complexity index is 925. The van der Waals surface area contributed by atoms with Crippen LogP contribution in [0.3, 0.4) is 0 Å². The number of hydrogen-bond donors (Lipinski definition) is 2. The van der Waals surface area contributed by atoms with E-state index in [2.05, 4.69) is 20.0 Å². The number of aromatic nitrogens is 2. The Kier molecular flexibility index (Phi) is 5.97. The Morgan fingerprint density at radius 2 is 2.10 bits per heavy atom. The fraction of sp³-hybridized carbons (Fsp3) is 0.389. The van der Waals surface area contributed by atoms with Crippen LogP contribution in [0.4, 0.5) is 34.1 Å². The molecule has 1 aromatic carbocycles. The number of aliphatic hydroxyl groups excluding tert-OH is 1. The molecule has 1 aliphatic heterocycles. The predicted molar refractivity (Wildman–Crippen MR) is 96.4 cm³/mol. The summed E-state index contributed by atoms with van der Waals surface area (Å²) in [6.45, 7) is 2.92. The van der Waals surface area contributed by atoms with Gasteiger partial charge in [0.25, 0.3) is 0 Å². The van der Waals surface area contributed by atoms with Crippen molar-refractivity contribution in [3.8, 4) is 5.75 Å². The molecular formula is C18H18F4N4O4. The highest BCUT2D eigenvalue weighted by molar-refractivity contribution is 5.89. The van der Waals surface area contributed by atoms with Crippen molar-refractivity contribution in [1.29, 1.82) is 0 Å². The van der Waals surface area contributed by atoms with Crippen molar-refractivity contribution in [2.45, 2.75) is 38.4 Å². The van der Waals surface area contributed by atoms with Crippen molar-refractivity contribution in [2.24, 2.45) is 0 Å². The topological polar surface area (TPSA) is 96.8 Å². The number of ether oxygens (including phenoxy) is 2. The highest BCUT2D eigenvalue weighted by atomic mass is 19.4. The first-order chi connectivity index (χ1) is 14.0. The Labute approximate surface area is 168 Å². The molecule has 0 unspecified atom stereocenters. The molecule has 162 valence electrons. The third-order valence-corrected chi connectivity index (χ3v) is 4.35. The molecule has 0 spiro atoms. The van der Waals surface area contributed by atoms with Gasteiger partial charge in [-0.25, -0.2) is 19.1 Å². The first kappa shape index (κ1) is 21.6. The van der Waals surface area contributed by atoms with Crippen LogP contribution in [0.5, 0.6) is 5.75 Å². The molecular weight excluding hydrogens is 412 g/mol. The zero-order chi connectivity index (χ0) is 22.1. The number of alkyl halides is 3. The summed E-state index contributed by atoms with van der Waals surface area (Å²) in [7, 11) is 0. The predicted octanol–water partition coefficient (Wildman–Crippen LogP) is 3.39. The smallest absolute Gasteiger partial charge is 0.447 e. The zero-order valence-corrected chi connectivity index (χ0v) is 15.9. The average molecular weight is 430 g/mol. The summed E-state index contributed by atoms with van der Waals surface area (Å²) in [4.78, 5) is 20.7. The first-order valence-corrected chi connectivity index (χ1v) is 8.84. The Balaban J connectivity index is 1.82. The largest absolute Gasteiger partial charge is 0.573 e. The molecule has 3 atom stereocenters. The summed E-state index contributed by atoms with van der Waals surface area (Å²) in [5.74, 6) is -1.76. The fourth-order valence-electron chi connectivity index (χ4n) is 2.89. The number of benzene rings is 1. The molecule has 1 saturated heterocycles. The molecule has 2 aromatic rings. The molecule has 1 aromatic heterocycles. The van der Waals surface area contributed by atoms with Gasteiger partial charge in [-0.15, -0.1) is 13.2 Å². The van der Waals surface area contributed by atoms with Gasteiger partial charge in [0.05, 0.1) is 18.3 Å². The molecule has 0 aliphatic carbocycles. The maximum absolute atomic E-state index is 14.3. The number of anilines is 2. The molecule has 8 nitrogen and oxygen atoms in total. The SMILES string of the molecule is C[C@H](Nc1ncc(F)c(N2C(=O)OC[C@@H]2[C@@H](C)O)n1)c1cccc(OC(F)(F)F)c1. The van der Waals surface area contributed by atoms with Crippen LogP contribution in [0, 0.1) is 5.82 Å². The van der Waals surface area contributed by atoms with Gasteiger partial charge < -0.3 is 19.9 Å². The van der Waals surface area contributed by atoms with Crippen LogP contribution >= 0.6 is 0 Å². The lowest BCUT2D eigenvalue weighted by atomic mass is 10.1. The lowest BCUT2D eigenvalue weighted by Gasteiger charge is -2.23. The molecule has 1 aliphatic rings. The molecule has 2 N–H and O–H groups in total. The monoisotopic (exact) mass is 430 g/mol. The van der Waals surface area contributed by atoms with Crippen molar-refractivity contribution in [3.63, 3.8) is 0 Å². The number of amides is 1. The molecule has 3 rings (SSSR count). The van der Waals surface area contributed by atoms with E-state index in [1.54, 1.807) is 13.0 Å². The average Bonchev–Trinajstić information content (AvgIpc) is 3.03. The summed E-state index contributed by atoms with van der Waals surface area (Å²) in [5, 5.41) is 12.6. The van der Waals surface area contributed by atoms with Gasteiger partial charge in [0.15, 0.2) is 11.6 Å². The van der Waals surface area contributed by atoms with E-state index in [4.69, 9.17) is 4.74 Å². The van der Waals surface area contributed by atoms with Crippen molar-refractivity contribution < 1.29 is 36.9 Å².